The molecule has 2 heterocycles. The summed E-state index contributed by atoms with van der Waals surface area (Å²) >= 11 is 7.03. The third kappa shape index (κ3) is 7.85. The van der Waals surface area contributed by atoms with Crippen molar-refractivity contribution in [3.05, 3.63) is 130 Å². The van der Waals surface area contributed by atoms with Gasteiger partial charge in [-0.1, -0.05) is 110 Å². The van der Waals surface area contributed by atoms with Gasteiger partial charge in [-0.05, 0) is 65.5 Å². The van der Waals surface area contributed by atoms with E-state index in [2.05, 4.69) is 55.5 Å². The molecule has 0 aliphatic heterocycles. The van der Waals surface area contributed by atoms with Crippen LogP contribution in [-0.4, -0.2) is 47.5 Å². The van der Waals surface area contributed by atoms with Gasteiger partial charge in [0.1, 0.15) is 11.4 Å². The summed E-state index contributed by atoms with van der Waals surface area (Å²) in [5.41, 5.74) is 6.05. The van der Waals surface area contributed by atoms with E-state index in [0.717, 1.165) is 69.2 Å². The van der Waals surface area contributed by atoms with Crippen molar-refractivity contribution < 1.29 is 23.8 Å². The van der Waals surface area contributed by atoms with E-state index in [0.29, 0.717) is 37.7 Å². The number of halogens is 1. The Labute approximate surface area is 318 Å². The first-order chi connectivity index (χ1) is 25.7. The van der Waals surface area contributed by atoms with Crippen LogP contribution < -0.4 is 15.1 Å². The van der Waals surface area contributed by atoms with Crippen LogP contribution in [0.1, 0.15) is 59.2 Å². The second kappa shape index (κ2) is 17.0. The van der Waals surface area contributed by atoms with Crippen LogP contribution in [0.25, 0.3) is 22.0 Å². The molecular formula is C43H48ClN3O5Si. The van der Waals surface area contributed by atoms with Crippen molar-refractivity contribution in [2.45, 2.75) is 58.8 Å². The Morgan fingerprint density at radius 1 is 0.868 bits per heavy atom. The van der Waals surface area contributed by atoms with Gasteiger partial charge in [0.2, 0.25) is 0 Å². The quantitative estimate of drug-likeness (QED) is 0.0744. The molecule has 6 rings (SSSR count). The highest BCUT2D eigenvalue weighted by molar-refractivity contribution is 6.97. The number of aryl methyl sites for hydroxylation is 4. The largest absolute Gasteiger partial charge is 0.497 e. The number of aromatic carboxylic acids is 1. The molecule has 2 aromatic heterocycles. The summed E-state index contributed by atoms with van der Waals surface area (Å²) in [5, 5.41) is 19.3. The van der Waals surface area contributed by atoms with Gasteiger partial charge in [-0.15, -0.1) is 0 Å². The first kappa shape index (κ1) is 38.1. The minimum Gasteiger partial charge on any atom is -0.497 e. The van der Waals surface area contributed by atoms with Gasteiger partial charge in [0, 0.05) is 37.2 Å². The third-order valence-electron chi connectivity index (χ3n) is 10.2. The van der Waals surface area contributed by atoms with E-state index >= 15 is 0 Å². The SMILES string of the molecule is CCCC[Si](OCCCc1c(C(=O)O)n(C)c2c(-c3c(C)nn(C)c3COCc3ccc(OC)cc3)c(Cl)ccc12)(c1ccccc1)c1ccccc1. The number of hydrogen-bond donors (Lipinski definition) is 1. The minimum absolute atomic E-state index is 0.253. The molecule has 6 aromatic rings. The van der Waals surface area contributed by atoms with Gasteiger partial charge in [-0.2, -0.15) is 5.10 Å². The Kier molecular flexibility index (Phi) is 12.2. The molecule has 0 bridgehead atoms. The molecule has 276 valence electrons. The molecule has 0 atom stereocenters. The molecule has 0 unspecified atom stereocenters. The van der Waals surface area contributed by atoms with Crippen LogP contribution in [0, 0.1) is 6.92 Å². The van der Waals surface area contributed by atoms with Gasteiger partial charge >= 0.3 is 5.97 Å². The van der Waals surface area contributed by atoms with Crippen molar-refractivity contribution in [3.8, 4) is 16.9 Å². The molecule has 0 saturated carbocycles. The summed E-state index contributed by atoms with van der Waals surface area (Å²) < 4.78 is 22.2. The lowest BCUT2D eigenvalue weighted by Gasteiger charge is -2.33. The summed E-state index contributed by atoms with van der Waals surface area (Å²) in [5.74, 6) is -0.189. The van der Waals surface area contributed by atoms with Crippen molar-refractivity contribution in [3.63, 3.8) is 0 Å². The minimum atomic E-state index is -2.56. The normalized spacial score (nSPS) is 11.7. The van der Waals surface area contributed by atoms with Crippen molar-refractivity contribution in [2.75, 3.05) is 13.7 Å². The monoisotopic (exact) mass is 749 g/mol. The first-order valence-corrected chi connectivity index (χ1v) is 20.7. The second-order valence-corrected chi connectivity index (χ2v) is 17.5. The number of carbonyl (C=O) groups is 1. The van der Waals surface area contributed by atoms with E-state index in [4.69, 9.17) is 30.6 Å². The van der Waals surface area contributed by atoms with Crippen LogP contribution in [0.15, 0.2) is 97.1 Å². The predicted molar refractivity (Wildman–Crippen MR) is 215 cm³/mol. The highest BCUT2D eigenvalue weighted by atomic mass is 35.5. The number of benzene rings is 4. The lowest BCUT2D eigenvalue weighted by atomic mass is 9.98. The molecule has 8 nitrogen and oxygen atoms in total. The highest BCUT2D eigenvalue weighted by Gasteiger charge is 2.39. The van der Waals surface area contributed by atoms with Crippen molar-refractivity contribution in [1.29, 1.82) is 0 Å². The maximum absolute atomic E-state index is 13.0. The van der Waals surface area contributed by atoms with E-state index in [1.165, 1.54) is 10.4 Å². The van der Waals surface area contributed by atoms with Gasteiger partial charge in [0.15, 0.2) is 0 Å². The lowest BCUT2D eigenvalue weighted by Crippen LogP contribution is -2.60. The standard InChI is InChI=1S/C43H48ClN3O5Si/c1-6-7-27-53(33-15-10-8-11-16-33,34-17-12-9-13-18-34)52-26-14-19-35-36-24-25-37(44)40(41(36)46(3)42(35)43(48)49)39-30(2)45-47(4)38(39)29-51-28-31-20-22-32(50-5)23-21-31/h8-13,15-18,20-25H,6-7,14,19,26-29H2,1-5H3,(H,48,49). The highest BCUT2D eigenvalue weighted by Crippen LogP contribution is 2.42. The Morgan fingerprint density at radius 3 is 2.13 bits per heavy atom. The van der Waals surface area contributed by atoms with Crippen LogP contribution in [0.5, 0.6) is 5.75 Å². The number of rotatable bonds is 17. The van der Waals surface area contributed by atoms with Gasteiger partial charge in [0.05, 0.1) is 42.3 Å². The summed E-state index contributed by atoms with van der Waals surface area (Å²) in [6.45, 7) is 5.37. The fourth-order valence-corrected chi connectivity index (χ4v) is 12.0. The topological polar surface area (TPSA) is 87.7 Å². The van der Waals surface area contributed by atoms with Crippen molar-refractivity contribution in [2.24, 2.45) is 14.1 Å². The van der Waals surface area contributed by atoms with Gasteiger partial charge < -0.3 is 23.6 Å². The lowest BCUT2D eigenvalue weighted by molar-refractivity contribution is 0.0685. The number of carboxylic acids is 1. The molecule has 0 saturated heterocycles. The second-order valence-electron chi connectivity index (χ2n) is 13.5. The number of fused-ring (bicyclic) bond motifs is 1. The molecule has 53 heavy (non-hydrogen) atoms. The van der Waals surface area contributed by atoms with E-state index in [1.807, 2.05) is 74.2 Å². The number of aromatic nitrogens is 3. The molecule has 0 radical (unpaired) electrons. The van der Waals surface area contributed by atoms with Crippen molar-refractivity contribution in [1.82, 2.24) is 14.3 Å². The molecule has 0 amide bonds. The number of carboxylic acid groups (broad SMARTS) is 1. The fourth-order valence-electron chi connectivity index (χ4n) is 7.58. The summed E-state index contributed by atoms with van der Waals surface area (Å²) in [6, 6.07) is 33.8. The van der Waals surface area contributed by atoms with Crippen molar-refractivity contribution >= 4 is 47.2 Å². The van der Waals surface area contributed by atoms with Crippen LogP contribution in [0.3, 0.4) is 0 Å². The molecule has 4 aromatic carbocycles. The Balaban J connectivity index is 1.32. The van der Waals surface area contributed by atoms with E-state index in [9.17, 15) is 9.90 Å². The molecule has 0 spiro atoms. The van der Waals surface area contributed by atoms with Crippen LogP contribution in [-0.2, 0) is 42.9 Å². The van der Waals surface area contributed by atoms with Crippen LogP contribution in [0.4, 0.5) is 0 Å². The van der Waals surface area contributed by atoms with E-state index in [1.54, 1.807) is 11.7 Å². The van der Waals surface area contributed by atoms with E-state index in [-0.39, 0.29) is 5.69 Å². The number of unbranched alkanes of at least 4 members (excludes halogenated alkanes) is 1. The number of methoxy groups -OCH3 is 1. The van der Waals surface area contributed by atoms with Gasteiger partial charge in [0.25, 0.3) is 8.32 Å². The maximum atomic E-state index is 13.0. The summed E-state index contributed by atoms with van der Waals surface area (Å²) in [6.07, 6.45) is 3.34. The first-order valence-electron chi connectivity index (χ1n) is 18.2. The molecule has 0 aliphatic carbocycles. The zero-order chi connectivity index (χ0) is 37.5. The summed E-state index contributed by atoms with van der Waals surface area (Å²) in [4.78, 5) is 13.0. The van der Waals surface area contributed by atoms with Gasteiger partial charge in [-0.3, -0.25) is 4.68 Å². The molecule has 0 fully saturated rings. The Morgan fingerprint density at radius 2 is 1.53 bits per heavy atom. The zero-order valence-electron chi connectivity index (χ0n) is 31.2. The maximum Gasteiger partial charge on any atom is 0.352 e. The summed E-state index contributed by atoms with van der Waals surface area (Å²) in [7, 11) is 2.78. The predicted octanol–water partition coefficient (Wildman–Crippen LogP) is 8.47. The Bertz CT molecular complexity index is 2120. The van der Waals surface area contributed by atoms with Crippen LogP contribution >= 0.6 is 11.6 Å². The molecule has 1 N–H and O–H groups in total. The van der Waals surface area contributed by atoms with Gasteiger partial charge in [-0.25, -0.2) is 4.79 Å². The Hall–Kier alpha value is -4.67. The fraction of sp³-hybridized carbons (Fsp3) is 0.302. The average Bonchev–Trinajstić information content (AvgIpc) is 3.62. The molecule has 0 aliphatic rings. The number of hydrogen-bond acceptors (Lipinski definition) is 5. The third-order valence-corrected chi connectivity index (χ3v) is 14.8. The number of ether oxygens (including phenoxy) is 2. The van der Waals surface area contributed by atoms with Crippen LogP contribution in [0.2, 0.25) is 11.1 Å². The number of nitrogens with zero attached hydrogens (tertiary/aromatic N) is 3. The zero-order valence-corrected chi connectivity index (χ0v) is 33.0. The molecular weight excluding hydrogens is 702 g/mol. The van der Waals surface area contributed by atoms with E-state index < -0.39 is 14.3 Å². The smallest absolute Gasteiger partial charge is 0.352 e. The molecule has 10 heteroatoms. The average molecular weight is 750 g/mol.